The molecule has 132 valence electrons. The number of pyridine rings is 1. The number of hydrogen-bond donors (Lipinski definition) is 1. The van der Waals surface area contributed by atoms with E-state index < -0.39 is 0 Å². The minimum Gasteiger partial charge on any atom is -0.313 e. The van der Waals surface area contributed by atoms with Gasteiger partial charge < -0.3 is 10.2 Å². The summed E-state index contributed by atoms with van der Waals surface area (Å²) in [6, 6.07) is 6.73. The first-order valence-electron chi connectivity index (χ1n) is 9.16. The Morgan fingerprint density at radius 2 is 1.91 bits per heavy atom. The summed E-state index contributed by atoms with van der Waals surface area (Å²) in [5, 5.41) is 3.71. The number of unbranched alkanes of at least 4 members (excludes halogenated alkanes) is 1. The maximum absolute atomic E-state index is 4.38. The van der Waals surface area contributed by atoms with Crippen molar-refractivity contribution in [1.82, 2.24) is 20.1 Å². The van der Waals surface area contributed by atoms with Crippen molar-refractivity contribution in [3.8, 4) is 0 Å². The molecule has 1 aromatic heterocycles. The molecule has 0 aromatic carbocycles. The summed E-state index contributed by atoms with van der Waals surface area (Å²) in [6.45, 7) is 9.96. The Labute approximate surface area is 143 Å². The summed E-state index contributed by atoms with van der Waals surface area (Å²) in [4.78, 5) is 9.17. The van der Waals surface area contributed by atoms with Gasteiger partial charge in [-0.2, -0.15) is 0 Å². The first-order valence-corrected chi connectivity index (χ1v) is 9.16. The van der Waals surface area contributed by atoms with Gasteiger partial charge in [-0.05, 0) is 58.6 Å². The number of nitrogens with zero attached hydrogens (tertiary/aromatic N) is 3. The molecule has 4 nitrogen and oxygen atoms in total. The molecule has 0 aliphatic carbocycles. The summed E-state index contributed by atoms with van der Waals surface area (Å²) in [6.07, 6.45) is 6.89. The van der Waals surface area contributed by atoms with Gasteiger partial charge >= 0.3 is 0 Å². The van der Waals surface area contributed by atoms with Crippen LogP contribution >= 0.6 is 0 Å². The quantitative estimate of drug-likeness (QED) is 0.605. The van der Waals surface area contributed by atoms with E-state index in [0.29, 0.717) is 6.04 Å². The fourth-order valence-corrected chi connectivity index (χ4v) is 2.67. The number of hydrogen-bond acceptors (Lipinski definition) is 4. The SMILES string of the molecule is CCCCN(C)CCC(CC)NCCN(C)Cc1ccccn1. The maximum atomic E-state index is 4.38. The Balaban J connectivity index is 2.16. The molecule has 0 fully saturated rings. The van der Waals surface area contributed by atoms with E-state index in [2.05, 4.69) is 60.2 Å². The van der Waals surface area contributed by atoms with E-state index in [4.69, 9.17) is 0 Å². The molecule has 1 unspecified atom stereocenters. The summed E-state index contributed by atoms with van der Waals surface area (Å²) in [5.41, 5.74) is 1.14. The van der Waals surface area contributed by atoms with Crippen molar-refractivity contribution < 1.29 is 0 Å². The third-order valence-corrected chi connectivity index (χ3v) is 4.33. The van der Waals surface area contributed by atoms with Crippen LogP contribution < -0.4 is 5.32 Å². The van der Waals surface area contributed by atoms with Gasteiger partial charge in [0.25, 0.3) is 0 Å². The topological polar surface area (TPSA) is 31.4 Å². The van der Waals surface area contributed by atoms with Crippen molar-refractivity contribution in [2.75, 3.05) is 40.3 Å². The van der Waals surface area contributed by atoms with Crippen LogP contribution in [0.2, 0.25) is 0 Å². The van der Waals surface area contributed by atoms with Crippen molar-refractivity contribution in [2.24, 2.45) is 0 Å². The lowest BCUT2D eigenvalue weighted by atomic mass is 10.1. The van der Waals surface area contributed by atoms with E-state index >= 15 is 0 Å². The molecule has 1 atom stereocenters. The van der Waals surface area contributed by atoms with Crippen LogP contribution in [0.3, 0.4) is 0 Å². The second-order valence-electron chi connectivity index (χ2n) is 6.56. The largest absolute Gasteiger partial charge is 0.313 e. The minimum atomic E-state index is 0.627. The molecule has 1 rings (SSSR count). The van der Waals surface area contributed by atoms with Crippen molar-refractivity contribution in [3.63, 3.8) is 0 Å². The van der Waals surface area contributed by atoms with Crippen LogP contribution in [0.1, 0.15) is 45.2 Å². The molecular formula is C19H36N4. The Morgan fingerprint density at radius 1 is 1.09 bits per heavy atom. The predicted octanol–water partition coefficient (Wildman–Crippen LogP) is 3.00. The first-order chi connectivity index (χ1) is 11.2. The van der Waals surface area contributed by atoms with Crippen LogP contribution in [0, 0.1) is 0 Å². The van der Waals surface area contributed by atoms with Crippen LogP contribution in [-0.4, -0.2) is 61.1 Å². The molecule has 0 aliphatic rings. The molecule has 0 amide bonds. The van der Waals surface area contributed by atoms with Crippen LogP contribution in [0.25, 0.3) is 0 Å². The minimum absolute atomic E-state index is 0.627. The number of nitrogens with one attached hydrogen (secondary N) is 1. The molecule has 1 aromatic rings. The standard InChI is InChI=1S/C19H36N4/c1-5-7-14-22(3)15-11-18(6-2)21-13-16-23(4)17-19-10-8-9-12-20-19/h8-10,12,18,21H,5-7,11,13-17H2,1-4H3. The second kappa shape index (κ2) is 12.5. The van der Waals surface area contributed by atoms with Crippen LogP contribution in [0.4, 0.5) is 0 Å². The predicted molar refractivity (Wildman–Crippen MR) is 99.7 cm³/mol. The zero-order valence-corrected chi connectivity index (χ0v) is 15.6. The lowest BCUT2D eigenvalue weighted by molar-refractivity contribution is 0.283. The highest BCUT2D eigenvalue weighted by atomic mass is 15.1. The van der Waals surface area contributed by atoms with Gasteiger partial charge in [-0.3, -0.25) is 9.88 Å². The molecule has 1 heterocycles. The van der Waals surface area contributed by atoms with E-state index in [-0.39, 0.29) is 0 Å². The molecular weight excluding hydrogens is 284 g/mol. The Kier molecular flexibility index (Phi) is 10.9. The first kappa shape index (κ1) is 20.1. The average Bonchev–Trinajstić information content (AvgIpc) is 2.56. The number of likely N-dealkylation sites (N-methyl/N-ethyl adjacent to an activating group) is 1. The highest BCUT2D eigenvalue weighted by Crippen LogP contribution is 2.02. The number of rotatable bonds is 13. The maximum Gasteiger partial charge on any atom is 0.0543 e. The summed E-state index contributed by atoms with van der Waals surface area (Å²) < 4.78 is 0. The van der Waals surface area contributed by atoms with Crippen LogP contribution in [0.15, 0.2) is 24.4 Å². The van der Waals surface area contributed by atoms with E-state index in [1.807, 2.05) is 12.3 Å². The summed E-state index contributed by atoms with van der Waals surface area (Å²) >= 11 is 0. The van der Waals surface area contributed by atoms with Crippen LogP contribution in [-0.2, 0) is 6.54 Å². The molecule has 0 saturated heterocycles. The highest BCUT2D eigenvalue weighted by Gasteiger charge is 2.08. The molecule has 4 heteroatoms. The van der Waals surface area contributed by atoms with Gasteiger partial charge in [-0.1, -0.05) is 26.3 Å². The lowest BCUT2D eigenvalue weighted by Crippen LogP contribution is -2.37. The smallest absolute Gasteiger partial charge is 0.0543 e. The van der Waals surface area contributed by atoms with Crippen molar-refractivity contribution in [1.29, 1.82) is 0 Å². The van der Waals surface area contributed by atoms with Crippen molar-refractivity contribution >= 4 is 0 Å². The van der Waals surface area contributed by atoms with Gasteiger partial charge in [0.2, 0.25) is 0 Å². The molecule has 0 spiro atoms. The molecule has 0 saturated carbocycles. The molecule has 0 bridgehead atoms. The van der Waals surface area contributed by atoms with E-state index in [0.717, 1.165) is 25.3 Å². The van der Waals surface area contributed by atoms with Gasteiger partial charge in [-0.25, -0.2) is 0 Å². The second-order valence-corrected chi connectivity index (χ2v) is 6.56. The van der Waals surface area contributed by atoms with E-state index in [1.54, 1.807) is 0 Å². The Morgan fingerprint density at radius 3 is 2.57 bits per heavy atom. The van der Waals surface area contributed by atoms with Gasteiger partial charge in [0.1, 0.15) is 0 Å². The third-order valence-electron chi connectivity index (χ3n) is 4.33. The van der Waals surface area contributed by atoms with E-state index in [1.165, 1.54) is 38.8 Å². The normalized spacial score (nSPS) is 13.0. The zero-order valence-electron chi connectivity index (χ0n) is 15.6. The van der Waals surface area contributed by atoms with Gasteiger partial charge in [-0.15, -0.1) is 0 Å². The summed E-state index contributed by atoms with van der Waals surface area (Å²) in [7, 11) is 4.40. The van der Waals surface area contributed by atoms with E-state index in [9.17, 15) is 0 Å². The molecule has 0 aliphatic heterocycles. The lowest BCUT2D eigenvalue weighted by Gasteiger charge is -2.23. The fraction of sp³-hybridized carbons (Fsp3) is 0.737. The van der Waals surface area contributed by atoms with Gasteiger partial charge in [0.15, 0.2) is 0 Å². The average molecular weight is 321 g/mol. The highest BCUT2D eigenvalue weighted by molar-refractivity contribution is 5.02. The summed E-state index contributed by atoms with van der Waals surface area (Å²) in [5.74, 6) is 0. The molecule has 1 N–H and O–H groups in total. The zero-order chi connectivity index (χ0) is 16.9. The number of aromatic nitrogens is 1. The third kappa shape index (κ3) is 9.69. The van der Waals surface area contributed by atoms with Crippen molar-refractivity contribution in [3.05, 3.63) is 30.1 Å². The Bertz CT molecular complexity index is 382. The molecule has 23 heavy (non-hydrogen) atoms. The monoisotopic (exact) mass is 320 g/mol. The van der Waals surface area contributed by atoms with Gasteiger partial charge in [0.05, 0.1) is 5.69 Å². The van der Waals surface area contributed by atoms with Crippen molar-refractivity contribution in [2.45, 2.75) is 52.1 Å². The molecule has 0 radical (unpaired) electrons. The fourth-order valence-electron chi connectivity index (χ4n) is 2.67. The van der Waals surface area contributed by atoms with Gasteiger partial charge in [0, 0.05) is 31.9 Å². The Hall–Kier alpha value is -0.970. The van der Waals surface area contributed by atoms with Crippen LogP contribution in [0.5, 0.6) is 0 Å².